The second kappa shape index (κ2) is 6.20. The summed E-state index contributed by atoms with van der Waals surface area (Å²) in [6.45, 7) is 0. The maximum atomic E-state index is 12.9. The Hall–Kier alpha value is -1.32. The van der Waals surface area contributed by atoms with Crippen LogP contribution in [0, 0.1) is 0 Å². The smallest absolute Gasteiger partial charge is 0.244 e. The number of hydrogen-bond donors (Lipinski definition) is 0. The van der Waals surface area contributed by atoms with E-state index in [1.807, 2.05) is 0 Å². The molecule has 0 aromatic heterocycles. The van der Waals surface area contributed by atoms with Gasteiger partial charge < -0.3 is 0 Å². The zero-order valence-corrected chi connectivity index (χ0v) is 10.6. The Labute approximate surface area is 122 Å². The average Bonchev–Trinajstić information content (AvgIpc) is 2.33. The minimum atomic E-state index is -7.35. The van der Waals surface area contributed by atoms with Gasteiger partial charge in [0.05, 0.1) is 0 Å². The molecule has 0 aliphatic carbocycles. The summed E-state index contributed by atoms with van der Waals surface area (Å²) in [5.74, 6) is -11.5. The topological polar surface area (TPSA) is 12.5 Å². The van der Waals surface area contributed by atoms with Gasteiger partial charge in [-0.3, -0.25) is 0 Å². The highest BCUT2D eigenvalue weighted by Gasteiger charge is 2.79. The monoisotopic (exact) mass is 395 g/mol. The third kappa shape index (κ3) is 4.01. The molecule has 0 amide bonds. The maximum absolute atomic E-state index is 12.9. The van der Waals surface area contributed by atoms with Crippen molar-refractivity contribution in [3.63, 3.8) is 0 Å². The number of ether oxygens (including phenoxy) is 1. The first kappa shape index (κ1) is 22.7. The molecule has 16 heteroatoms. The van der Waals surface area contributed by atoms with Crippen LogP contribution in [0.1, 0.15) is 0 Å². The van der Waals surface area contributed by atoms with Crippen LogP contribution in [0.4, 0.5) is 61.5 Å². The number of hydrogen-bond acceptors (Lipinski definition) is 2. The van der Waals surface area contributed by atoms with Gasteiger partial charge in [-0.25, -0.2) is 4.74 Å². The Morgan fingerprint density at radius 3 is 1.42 bits per heavy atom. The van der Waals surface area contributed by atoms with E-state index in [-0.39, 0.29) is 0 Å². The zero-order chi connectivity index (χ0) is 19.9. The second-order valence-corrected chi connectivity index (χ2v) is 3.85. The van der Waals surface area contributed by atoms with Crippen molar-refractivity contribution in [1.82, 2.24) is 4.90 Å². The molecule has 0 N–H and O–H groups in total. The first-order chi connectivity index (χ1) is 10.2. The summed E-state index contributed by atoms with van der Waals surface area (Å²) in [5, 5.41) is 0. The van der Waals surface area contributed by atoms with E-state index < -0.39 is 54.3 Å². The first-order valence-corrected chi connectivity index (χ1v) is 4.95. The summed E-state index contributed by atoms with van der Waals surface area (Å²) < 4.78 is 175. The maximum Gasteiger partial charge on any atom is 0.464 e. The van der Waals surface area contributed by atoms with E-state index in [9.17, 15) is 61.5 Å². The van der Waals surface area contributed by atoms with Crippen LogP contribution in [0.2, 0.25) is 0 Å². The molecule has 0 aliphatic rings. The Morgan fingerprint density at radius 2 is 1.12 bits per heavy atom. The van der Waals surface area contributed by atoms with E-state index in [2.05, 4.69) is 0 Å². The quantitative estimate of drug-likeness (QED) is 0.467. The largest absolute Gasteiger partial charge is 0.464 e. The molecule has 0 rings (SSSR count). The Morgan fingerprint density at radius 1 is 0.750 bits per heavy atom. The molecule has 0 saturated carbocycles. The molecule has 0 aliphatic heterocycles. The summed E-state index contributed by atoms with van der Waals surface area (Å²) in [6, 6.07) is -6.89. The fourth-order valence-corrected chi connectivity index (χ4v) is 0.925. The van der Waals surface area contributed by atoms with E-state index in [1.165, 1.54) is 0 Å². The summed E-state index contributed by atoms with van der Waals surface area (Å²) in [5.41, 5.74) is 0. The van der Waals surface area contributed by atoms with Gasteiger partial charge in [-0.15, -0.1) is 0 Å². The van der Waals surface area contributed by atoms with Gasteiger partial charge in [-0.1, -0.05) is 0 Å². The lowest BCUT2D eigenvalue weighted by atomic mass is 10.2. The van der Waals surface area contributed by atoms with Gasteiger partial charge in [0.1, 0.15) is 0 Å². The van der Waals surface area contributed by atoms with Crippen LogP contribution in [-0.4, -0.2) is 42.4 Å². The van der Waals surface area contributed by atoms with Gasteiger partial charge >= 0.3 is 36.6 Å². The molecule has 0 aromatic rings. The molecule has 144 valence electrons. The van der Waals surface area contributed by atoms with Gasteiger partial charge in [-0.05, 0) is 0 Å². The normalized spacial score (nSPS) is 15.0. The highest BCUT2D eigenvalue weighted by molar-refractivity contribution is 5.02. The molecule has 0 saturated heterocycles. The number of rotatable bonds is 6. The minimum absolute atomic E-state index is 0.843. The van der Waals surface area contributed by atoms with E-state index in [0.717, 1.165) is 0 Å². The summed E-state index contributed by atoms with van der Waals surface area (Å²) >= 11 is 0. The van der Waals surface area contributed by atoms with E-state index in [4.69, 9.17) is 0 Å². The summed E-state index contributed by atoms with van der Waals surface area (Å²) in [6.07, 6.45) is -24.1. The number of halogens is 14. The molecular weight excluding hydrogens is 392 g/mol. The average molecular weight is 395 g/mol. The Balaban J connectivity index is 5.89. The molecule has 0 unspecified atom stereocenters. The molecule has 0 fully saturated rings. The van der Waals surface area contributed by atoms with E-state index >= 15 is 0 Å². The van der Waals surface area contributed by atoms with Crippen LogP contribution in [0.5, 0.6) is 0 Å². The Bertz CT molecular complexity index is 489. The first-order valence-electron chi connectivity index (χ1n) is 4.95. The molecule has 2 nitrogen and oxygen atoms in total. The van der Waals surface area contributed by atoms with Crippen LogP contribution in [0.3, 0.4) is 0 Å². The van der Waals surface area contributed by atoms with Crippen molar-refractivity contribution in [3.8, 4) is 0 Å². The van der Waals surface area contributed by atoms with Gasteiger partial charge in [0.2, 0.25) is 0 Å². The summed E-state index contributed by atoms with van der Waals surface area (Å²) in [4.78, 5) is -2.57. The molecular formula is C8H3F14NO. The molecule has 24 heavy (non-hydrogen) atoms. The standard InChI is InChI=1S/C8H3F14NO/c1-23(8(20,21)22)6(16,17)5(14,15)7(18,19)24-4(12,13)2(9)3(10)11/h1H3. The van der Waals surface area contributed by atoms with Crippen molar-refractivity contribution in [1.29, 1.82) is 0 Å². The van der Waals surface area contributed by atoms with Crippen molar-refractivity contribution in [2.24, 2.45) is 0 Å². The van der Waals surface area contributed by atoms with Crippen molar-refractivity contribution < 1.29 is 66.2 Å². The minimum Gasteiger partial charge on any atom is -0.244 e. The predicted octanol–water partition coefficient (Wildman–Crippen LogP) is 4.95. The lowest BCUT2D eigenvalue weighted by Crippen LogP contribution is -2.65. The van der Waals surface area contributed by atoms with Crippen LogP contribution < -0.4 is 0 Å². The predicted molar refractivity (Wildman–Crippen MR) is 45.0 cm³/mol. The van der Waals surface area contributed by atoms with Gasteiger partial charge in [0, 0.05) is 7.05 Å². The third-order valence-electron chi connectivity index (χ3n) is 2.22. The third-order valence-corrected chi connectivity index (χ3v) is 2.22. The summed E-state index contributed by atoms with van der Waals surface area (Å²) in [7, 11) is -0.843. The lowest BCUT2D eigenvalue weighted by molar-refractivity contribution is -0.480. The highest BCUT2D eigenvalue weighted by Crippen LogP contribution is 2.52. The van der Waals surface area contributed by atoms with Crippen LogP contribution in [-0.2, 0) is 4.74 Å². The molecule has 0 heterocycles. The van der Waals surface area contributed by atoms with Crippen LogP contribution in [0.25, 0.3) is 0 Å². The Kier molecular flexibility index (Phi) is 5.86. The molecule has 0 spiro atoms. The highest BCUT2D eigenvalue weighted by atomic mass is 19.4. The zero-order valence-electron chi connectivity index (χ0n) is 10.6. The van der Waals surface area contributed by atoms with Crippen molar-refractivity contribution in [2.45, 2.75) is 30.5 Å². The van der Waals surface area contributed by atoms with Gasteiger partial charge in [0.25, 0.3) is 5.83 Å². The van der Waals surface area contributed by atoms with Gasteiger partial charge in [-0.2, -0.15) is 66.4 Å². The van der Waals surface area contributed by atoms with Crippen LogP contribution >= 0.6 is 0 Å². The molecule has 0 bridgehead atoms. The number of nitrogens with zero attached hydrogens (tertiary/aromatic N) is 1. The molecule has 0 radical (unpaired) electrons. The van der Waals surface area contributed by atoms with E-state index in [1.54, 1.807) is 4.74 Å². The number of alkyl halides is 11. The fraction of sp³-hybridized carbons (Fsp3) is 0.750. The van der Waals surface area contributed by atoms with Gasteiger partial charge in [0.15, 0.2) is 0 Å². The molecule has 0 aromatic carbocycles. The molecule has 0 atom stereocenters. The second-order valence-electron chi connectivity index (χ2n) is 3.85. The fourth-order valence-electron chi connectivity index (χ4n) is 0.925. The van der Waals surface area contributed by atoms with Crippen molar-refractivity contribution in [3.05, 3.63) is 11.9 Å². The lowest BCUT2D eigenvalue weighted by Gasteiger charge is -2.37. The van der Waals surface area contributed by atoms with E-state index in [0.29, 0.717) is 0 Å². The van der Waals surface area contributed by atoms with Crippen molar-refractivity contribution in [2.75, 3.05) is 7.05 Å². The van der Waals surface area contributed by atoms with Crippen molar-refractivity contribution >= 4 is 0 Å². The SMILES string of the molecule is CN(C(F)(F)F)C(F)(F)C(F)(F)C(F)(F)OC(F)(F)C(F)=C(F)F. The van der Waals surface area contributed by atoms with Crippen LogP contribution in [0.15, 0.2) is 11.9 Å².